The third-order valence-electron chi connectivity index (χ3n) is 1.56. The summed E-state index contributed by atoms with van der Waals surface area (Å²) in [5, 5.41) is 0. The maximum Gasteiger partial charge on any atom is 0.0836 e. The van der Waals surface area contributed by atoms with E-state index in [4.69, 9.17) is 4.74 Å². The van der Waals surface area contributed by atoms with Crippen LogP contribution in [0.15, 0.2) is 0 Å². The molecule has 11 heavy (non-hydrogen) atoms. The molecule has 2 radical (unpaired) electrons. The molecule has 0 aromatic carbocycles. The Bertz CT molecular complexity index is 53.9. The van der Waals surface area contributed by atoms with Crippen LogP contribution < -0.4 is 0 Å². The van der Waals surface area contributed by atoms with Crippen LogP contribution in [0.25, 0.3) is 0 Å². The van der Waals surface area contributed by atoms with E-state index in [2.05, 4.69) is 13.8 Å². The molecule has 0 aliphatic heterocycles. The average molecular weight is 156 g/mol. The third-order valence-corrected chi connectivity index (χ3v) is 1.56. The van der Waals surface area contributed by atoms with Crippen LogP contribution in [-0.4, -0.2) is 6.61 Å². The van der Waals surface area contributed by atoms with Crippen molar-refractivity contribution in [2.45, 2.75) is 45.4 Å². The van der Waals surface area contributed by atoms with Crippen LogP contribution in [0.3, 0.4) is 0 Å². The molecule has 0 heterocycles. The first-order valence-electron chi connectivity index (χ1n) is 4.64. The minimum atomic E-state index is 0.894. The topological polar surface area (TPSA) is 9.23 Å². The minimum Gasteiger partial charge on any atom is -0.376 e. The Labute approximate surface area is 71.1 Å². The Hall–Kier alpha value is -0.0400. The fourth-order valence-electron chi connectivity index (χ4n) is 0.830. The maximum atomic E-state index is 5.28. The lowest BCUT2D eigenvalue weighted by Crippen LogP contribution is -1.91. The highest BCUT2D eigenvalue weighted by molar-refractivity contribution is 4.52. The summed E-state index contributed by atoms with van der Waals surface area (Å²) in [5.74, 6) is 0. The van der Waals surface area contributed by atoms with Crippen LogP contribution in [0.5, 0.6) is 0 Å². The van der Waals surface area contributed by atoms with Gasteiger partial charge in [0.1, 0.15) is 0 Å². The van der Waals surface area contributed by atoms with E-state index >= 15 is 0 Å². The Balaban J connectivity index is 2.69. The molecule has 1 heteroatoms. The van der Waals surface area contributed by atoms with Gasteiger partial charge in [0, 0.05) is 6.61 Å². The van der Waals surface area contributed by atoms with Gasteiger partial charge in [-0.15, -0.1) is 0 Å². The zero-order valence-electron chi connectivity index (χ0n) is 7.64. The van der Waals surface area contributed by atoms with Crippen LogP contribution in [0.2, 0.25) is 0 Å². The summed E-state index contributed by atoms with van der Waals surface area (Å²) in [5.41, 5.74) is 0. The van der Waals surface area contributed by atoms with E-state index in [1.807, 2.05) is 6.61 Å². The van der Waals surface area contributed by atoms with E-state index in [1.165, 1.54) is 19.3 Å². The summed E-state index contributed by atoms with van der Waals surface area (Å²) < 4.78 is 5.28. The first-order valence-corrected chi connectivity index (χ1v) is 4.64. The SMILES string of the molecule is [CH2]CCC[CH]OCCCCC. The van der Waals surface area contributed by atoms with E-state index in [0.717, 1.165) is 25.9 Å². The molecule has 0 unspecified atom stereocenters. The van der Waals surface area contributed by atoms with Crippen molar-refractivity contribution in [3.8, 4) is 0 Å². The Morgan fingerprint density at radius 1 is 1.27 bits per heavy atom. The number of unbranched alkanes of at least 4 members (excludes halogenated alkanes) is 4. The average Bonchev–Trinajstić information content (AvgIpc) is 2.03. The minimum absolute atomic E-state index is 0.894. The van der Waals surface area contributed by atoms with Crippen LogP contribution in [0.4, 0.5) is 0 Å². The molecule has 0 N–H and O–H groups in total. The van der Waals surface area contributed by atoms with Gasteiger partial charge in [-0.1, -0.05) is 39.5 Å². The van der Waals surface area contributed by atoms with E-state index in [-0.39, 0.29) is 0 Å². The highest BCUT2D eigenvalue weighted by atomic mass is 16.5. The van der Waals surface area contributed by atoms with Gasteiger partial charge in [-0.25, -0.2) is 0 Å². The van der Waals surface area contributed by atoms with E-state index in [1.54, 1.807) is 0 Å². The molecule has 0 saturated heterocycles. The lowest BCUT2D eigenvalue weighted by atomic mass is 10.2. The zero-order chi connectivity index (χ0) is 8.36. The van der Waals surface area contributed by atoms with Crippen molar-refractivity contribution in [2.24, 2.45) is 0 Å². The highest BCUT2D eigenvalue weighted by Crippen LogP contribution is 2.00. The van der Waals surface area contributed by atoms with Crippen molar-refractivity contribution in [1.29, 1.82) is 0 Å². The number of hydrogen-bond donors (Lipinski definition) is 0. The molecule has 66 valence electrons. The number of hydrogen-bond acceptors (Lipinski definition) is 1. The summed E-state index contributed by atoms with van der Waals surface area (Å²) >= 11 is 0. The lowest BCUT2D eigenvalue weighted by molar-refractivity contribution is 0.185. The monoisotopic (exact) mass is 156 g/mol. The van der Waals surface area contributed by atoms with Crippen LogP contribution >= 0.6 is 0 Å². The second-order valence-corrected chi connectivity index (χ2v) is 2.74. The summed E-state index contributed by atoms with van der Waals surface area (Å²) in [4.78, 5) is 0. The molecule has 0 aromatic rings. The van der Waals surface area contributed by atoms with Gasteiger partial charge in [-0.2, -0.15) is 0 Å². The molecule has 0 atom stereocenters. The van der Waals surface area contributed by atoms with Crippen molar-refractivity contribution < 1.29 is 4.74 Å². The van der Waals surface area contributed by atoms with Crippen LogP contribution in [0, 0.1) is 13.5 Å². The highest BCUT2D eigenvalue weighted by Gasteiger charge is 1.88. The Morgan fingerprint density at radius 2 is 2.09 bits per heavy atom. The smallest absolute Gasteiger partial charge is 0.0836 e. The summed E-state index contributed by atoms with van der Waals surface area (Å²) in [6.07, 6.45) is 6.95. The fraction of sp³-hybridized carbons (Fsp3) is 0.800. The molecular formula is C10H20O. The normalized spacial score (nSPS) is 10.4. The molecule has 0 spiro atoms. The van der Waals surface area contributed by atoms with Crippen molar-refractivity contribution in [3.05, 3.63) is 13.5 Å². The van der Waals surface area contributed by atoms with E-state index in [0.29, 0.717) is 0 Å². The predicted molar refractivity (Wildman–Crippen MR) is 49.0 cm³/mol. The third kappa shape index (κ3) is 9.96. The molecular weight excluding hydrogens is 136 g/mol. The molecule has 0 amide bonds. The van der Waals surface area contributed by atoms with Gasteiger partial charge in [0.2, 0.25) is 0 Å². The maximum absolute atomic E-state index is 5.28. The number of rotatable bonds is 8. The summed E-state index contributed by atoms with van der Waals surface area (Å²) in [7, 11) is 0. The quantitative estimate of drug-likeness (QED) is 0.490. The standard InChI is InChI=1S/C10H20O/c1-3-5-7-9-11-10-8-6-4-2/h9H,1,3-8,10H2,2H3. The van der Waals surface area contributed by atoms with Crippen molar-refractivity contribution in [2.75, 3.05) is 6.61 Å². The van der Waals surface area contributed by atoms with Gasteiger partial charge in [0.05, 0.1) is 6.61 Å². The first-order chi connectivity index (χ1) is 5.41. The lowest BCUT2D eigenvalue weighted by Gasteiger charge is -2.00. The van der Waals surface area contributed by atoms with Crippen molar-refractivity contribution in [1.82, 2.24) is 0 Å². The van der Waals surface area contributed by atoms with Crippen molar-refractivity contribution >= 4 is 0 Å². The predicted octanol–water partition coefficient (Wildman–Crippen LogP) is 3.36. The molecule has 0 bridgehead atoms. The molecule has 1 nitrogen and oxygen atoms in total. The van der Waals surface area contributed by atoms with Crippen LogP contribution in [-0.2, 0) is 4.74 Å². The van der Waals surface area contributed by atoms with Gasteiger partial charge in [-0.3, -0.25) is 0 Å². The molecule has 0 aliphatic carbocycles. The van der Waals surface area contributed by atoms with Crippen LogP contribution in [0.1, 0.15) is 45.4 Å². The van der Waals surface area contributed by atoms with Gasteiger partial charge < -0.3 is 4.74 Å². The van der Waals surface area contributed by atoms with Gasteiger partial charge in [0.15, 0.2) is 0 Å². The van der Waals surface area contributed by atoms with E-state index < -0.39 is 0 Å². The largest absolute Gasteiger partial charge is 0.376 e. The van der Waals surface area contributed by atoms with Crippen molar-refractivity contribution in [3.63, 3.8) is 0 Å². The molecule has 0 saturated carbocycles. The van der Waals surface area contributed by atoms with E-state index in [9.17, 15) is 0 Å². The second-order valence-electron chi connectivity index (χ2n) is 2.74. The van der Waals surface area contributed by atoms with Gasteiger partial charge in [0.25, 0.3) is 0 Å². The molecule has 0 rings (SSSR count). The first kappa shape index (κ1) is 11.0. The number of ether oxygens (including phenoxy) is 1. The fourth-order valence-corrected chi connectivity index (χ4v) is 0.830. The van der Waals surface area contributed by atoms with Gasteiger partial charge in [-0.05, 0) is 12.8 Å². The Kier molecular flexibility index (Phi) is 9.92. The summed E-state index contributed by atoms with van der Waals surface area (Å²) in [6.45, 7) is 8.77. The molecule has 0 fully saturated rings. The second kappa shape index (κ2) is 9.96. The van der Waals surface area contributed by atoms with Gasteiger partial charge >= 0.3 is 0 Å². The molecule has 0 aromatic heterocycles. The summed E-state index contributed by atoms with van der Waals surface area (Å²) in [6, 6.07) is 0. The Morgan fingerprint density at radius 3 is 2.73 bits per heavy atom. The molecule has 0 aliphatic rings. The zero-order valence-corrected chi connectivity index (χ0v) is 7.64.